The minimum Gasteiger partial charge on any atom is -0.506 e. The molecule has 122 valence electrons. The summed E-state index contributed by atoms with van der Waals surface area (Å²) < 4.78 is 0.845. The molecule has 0 radical (unpaired) electrons. The second-order valence-electron chi connectivity index (χ2n) is 5.22. The van der Waals surface area contributed by atoms with Crippen LogP contribution in [0.15, 0.2) is 58.3 Å². The van der Waals surface area contributed by atoms with Gasteiger partial charge in [0.25, 0.3) is 0 Å². The van der Waals surface area contributed by atoms with E-state index in [2.05, 4.69) is 29.4 Å². The summed E-state index contributed by atoms with van der Waals surface area (Å²) in [5.41, 5.74) is 3.62. The average Bonchev–Trinajstić information content (AvgIpc) is 3.05. The summed E-state index contributed by atoms with van der Waals surface area (Å²) in [7, 11) is 0. The Morgan fingerprint density at radius 3 is 2.71 bits per heavy atom. The molecule has 0 bridgehead atoms. The molecule has 0 aliphatic carbocycles. The average molecular weight is 356 g/mol. The number of carbonyl (C=O) groups excluding carboxylic acids is 1. The first kappa shape index (κ1) is 16.5. The topological polar surface area (TPSA) is 62.2 Å². The molecule has 0 saturated heterocycles. The maximum absolute atomic E-state index is 12.0. The van der Waals surface area contributed by atoms with Gasteiger partial charge in [-0.05, 0) is 19.1 Å². The standard InChI is InChI=1S/C18H16N2O2S2/c1-12-6-8-13(9-7-12)15-10-23-18(20-15)24-11-17(22)19-14-4-2-3-5-16(14)21/h2-10,21H,11H2,1H3,(H,19,22). The van der Waals surface area contributed by atoms with Gasteiger partial charge in [0.05, 0.1) is 17.1 Å². The molecule has 4 nitrogen and oxygen atoms in total. The molecule has 2 aromatic carbocycles. The Morgan fingerprint density at radius 1 is 1.21 bits per heavy atom. The van der Waals surface area contributed by atoms with Crippen LogP contribution < -0.4 is 5.32 Å². The largest absolute Gasteiger partial charge is 0.506 e. The number of nitrogens with one attached hydrogen (secondary N) is 1. The highest BCUT2D eigenvalue weighted by Gasteiger charge is 2.09. The highest BCUT2D eigenvalue weighted by molar-refractivity contribution is 8.01. The molecule has 0 aliphatic heterocycles. The van der Waals surface area contributed by atoms with Crippen molar-refractivity contribution < 1.29 is 9.90 Å². The van der Waals surface area contributed by atoms with Crippen molar-refractivity contribution in [1.29, 1.82) is 0 Å². The minimum absolute atomic E-state index is 0.0618. The molecule has 3 rings (SSSR count). The van der Waals surface area contributed by atoms with Gasteiger partial charge < -0.3 is 10.4 Å². The van der Waals surface area contributed by atoms with Crippen LogP contribution in [0.3, 0.4) is 0 Å². The van der Waals surface area contributed by atoms with Crippen LogP contribution in [0.1, 0.15) is 5.56 Å². The zero-order chi connectivity index (χ0) is 16.9. The number of thiazole rings is 1. The van der Waals surface area contributed by atoms with Crippen molar-refractivity contribution in [3.63, 3.8) is 0 Å². The maximum atomic E-state index is 12.0. The summed E-state index contributed by atoms with van der Waals surface area (Å²) in [4.78, 5) is 16.5. The van der Waals surface area contributed by atoms with Crippen LogP contribution in [0, 0.1) is 6.92 Å². The highest BCUT2D eigenvalue weighted by atomic mass is 32.2. The summed E-state index contributed by atoms with van der Waals surface area (Å²) in [6.45, 7) is 2.05. The zero-order valence-corrected chi connectivity index (χ0v) is 14.7. The first-order chi connectivity index (χ1) is 11.6. The number of hydrogen-bond donors (Lipinski definition) is 2. The Balaban J connectivity index is 1.58. The third kappa shape index (κ3) is 4.15. The number of hydrogen-bond acceptors (Lipinski definition) is 5. The van der Waals surface area contributed by atoms with Crippen LogP contribution in [-0.4, -0.2) is 21.8 Å². The monoisotopic (exact) mass is 356 g/mol. The van der Waals surface area contributed by atoms with Crippen LogP contribution in [0.25, 0.3) is 11.3 Å². The van der Waals surface area contributed by atoms with Gasteiger partial charge in [-0.2, -0.15) is 0 Å². The molecule has 0 fully saturated rings. The van der Waals surface area contributed by atoms with Gasteiger partial charge in [0.15, 0.2) is 4.34 Å². The number of aromatic hydroxyl groups is 1. The molecule has 3 aromatic rings. The molecule has 1 heterocycles. The summed E-state index contributed by atoms with van der Waals surface area (Å²) in [5.74, 6) is 0.134. The van der Waals surface area contributed by atoms with E-state index in [1.165, 1.54) is 34.7 Å². The van der Waals surface area contributed by atoms with E-state index in [-0.39, 0.29) is 17.4 Å². The lowest BCUT2D eigenvalue weighted by atomic mass is 10.1. The third-order valence-electron chi connectivity index (χ3n) is 3.34. The van der Waals surface area contributed by atoms with Crippen LogP contribution >= 0.6 is 23.1 Å². The van der Waals surface area contributed by atoms with Gasteiger partial charge in [-0.1, -0.05) is 53.7 Å². The predicted octanol–water partition coefficient (Wildman–Crippen LogP) is 4.55. The predicted molar refractivity (Wildman–Crippen MR) is 99.7 cm³/mol. The molecule has 0 unspecified atom stereocenters. The number of carbonyl (C=O) groups is 1. The fourth-order valence-electron chi connectivity index (χ4n) is 2.07. The van der Waals surface area contributed by atoms with Gasteiger partial charge in [-0.3, -0.25) is 4.79 Å². The minimum atomic E-state index is -0.173. The van der Waals surface area contributed by atoms with E-state index < -0.39 is 0 Å². The van der Waals surface area contributed by atoms with Gasteiger partial charge in [0.1, 0.15) is 5.75 Å². The molecular formula is C18H16N2O2S2. The lowest BCUT2D eigenvalue weighted by Gasteiger charge is -2.05. The Bertz CT molecular complexity index is 844. The van der Waals surface area contributed by atoms with Crippen molar-refractivity contribution in [1.82, 2.24) is 4.98 Å². The van der Waals surface area contributed by atoms with Crippen molar-refractivity contribution in [2.45, 2.75) is 11.3 Å². The van der Waals surface area contributed by atoms with E-state index >= 15 is 0 Å². The zero-order valence-electron chi connectivity index (χ0n) is 13.0. The van der Waals surface area contributed by atoms with E-state index in [0.29, 0.717) is 5.69 Å². The summed E-state index contributed by atoms with van der Waals surface area (Å²) in [6, 6.07) is 14.9. The Kier molecular flexibility index (Phi) is 5.17. The number of aryl methyl sites for hydroxylation is 1. The van der Waals surface area contributed by atoms with Crippen molar-refractivity contribution in [2.75, 3.05) is 11.1 Å². The van der Waals surface area contributed by atoms with E-state index in [0.717, 1.165) is 15.6 Å². The van der Waals surface area contributed by atoms with Crippen LogP contribution in [0.4, 0.5) is 5.69 Å². The number of rotatable bonds is 5. The third-order valence-corrected chi connectivity index (χ3v) is 5.36. The molecule has 24 heavy (non-hydrogen) atoms. The fraction of sp³-hybridized carbons (Fsp3) is 0.111. The summed E-state index contributed by atoms with van der Waals surface area (Å²) in [5, 5.41) is 14.3. The number of thioether (sulfide) groups is 1. The number of phenolic OH excluding ortho intramolecular Hbond substituents is 1. The second kappa shape index (κ2) is 7.51. The molecule has 1 amide bonds. The SMILES string of the molecule is Cc1ccc(-c2csc(SCC(=O)Nc3ccccc3O)n2)cc1. The van der Waals surface area contributed by atoms with E-state index in [1.807, 2.05) is 17.5 Å². The summed E-state index contributed by atoms with van der Waals surface area (Å²) in [6.07, 6.45) is 0. The summed E-state index contributed by atoms with van der Waals surface area (Å²) >= 11 is 2.91. The van der Waals surface area contributed by atoms with E-state index in [9.17, 15) is 9.90 Å². The molecule has 0 atom stereocenters. The molecule has 1 aromatic heterocycles. The van der Waals surface area contributed by atoms with Crippen molar-refractivity contribution in [3.05, 3.63) is 59.5 Å². The quantitative estimate of drug-likeness (QED) is 0.520. The van der Waals surface area contributed by atoms with Gasteiger partial charge in [-0.25, -0.2) is 4.98 Å². The number of nitrogens with zero attached hydrogens (tertiary/aromatic N) is 1. The number of amides is 1. The Hall–Kier alpha value is -2.31. The number of phenols is 1. The van der Waals surface area contributed by atoms with Crippen molar-refractivity contribution in [2.24, 2.45) is 0 Å². The van der Waals surface area contributed by atoms with Crippen molar-refractivity contribution in [3.8, 4) is 17.0 Å². The molecule has 0 saturated carbocycles. The maximum Gasteiger partial charge on any atom is 0.234 e. The van der Waals surface area contributed by atoms with Gasteiger partial charge >= 0.3 is 0 Å². The van der Waals surface area contributed by atoms with Crippen LogP contribution in [-0.2, 0) is 4.79 Å². The van der Waals surface area contributed by atoms with Gasteiger partial charge in [-0.15, -0.1) is 11.3 Å². The second-order valence-corrected chi connectivity index (χ2v) is 7.30. The first-order valence-electron chi connectivity index (χ1n) is 7.35. The number of aromatic nitrogens is 1. The van der Waals surface area contributed by atoms with Gasteiger partial charge in [0, 0.05) is 10.9 Å². The smallest absolute Gasteiger partial charge is 0.234 e. The normalized spacial score (nSPS) is 10.5. The number of benzene rings is 2. The Morgan fingerprint density at radius 2 is 1.96 bits per heavy atom. The van der Waals surface area contributed by atoms with Crippen LogP contribution in [0.5, 0.6) is 5.75 Å². The molecule has 6 heteroatoms. The van der Waals surface area contributed by atoms with Crippen molar-refractivity contribution >= 4 is 34.7 Å². The fourth-order valence-corrected chi connectivity index (χ4v) is 3.71. The highest BCUT2D eigenvalue weighted by Crippen LogP contribution is 2.29. The van der Waals surface area contributed by atoms with Gasteiger partial charge in [0.2, 0.25) is 5.91 Å². The Labute approximate surface area is 148 Å². The number of anilines is 1. The molecular weight excluding hydrogens is 340 g/mol. The molecule has 0 spiro atoms. The van der Waals surface area contributed by atoms with E-state index in [1.54, 1.807) is 18.2 Å². The number of para-hydroxylation sites is 2. The first-order valence-corrected chi connectivity index (χ1v) is 9.21. The van der Waals surface area contributed by atoms with Crippen LogP contribution in [0.2, 0.25) is 0 Å². The molecule has 2 N–H and O–H groups in total. The van der Waals surface area contributed by atoms with E-state index in [4.69, 9.17) is 0 Å². The molecule has 0 aliphatic rings. The lowest BCUT2D eigenvalue weighted by molar-refractivity contribution is -0.113. The lowest BCUT2D eigenvalue weighted by Crippen LogP contribution is -2.13.